The quantitative estimate of drug-likeness (QED) is 0.689. The van der Waals surface area contributed by atoms with Gasteiger partial charge in [-0.05, 0) is 18.2 Å². The fourth-order valence-corrected chi connectivity index (χ4v) is 3.02. The van der Waals surface area contributed by atoms with E-state index in [2.05, 4.69) is 20.2 Å². The van der Waals surface area contributed by atoms with Crippen LogP contribution in [0.1, 0.15) is 21.7 Å². The summed E-state index contributed by atoms with van der Waals surface area (Å²) in [4.78, 5) is 21.6. The van der Waals surface area contributed by atoms with Crippen molar-refractivity contribution in [2.75, 3.05) is 6.54 Å². The number of fused-ring (bicyclic) bond motifs is 1. The summed E-state index contributed by atoms with van der Waals surface area (Å²) in [5, 5.41) is 8.22. The highest BCUT2D eigenvalue weighted by atomic mass is 19.4. The van der Waals surface area contributed by atoms with Crippen molar-refractivity contribution in [2.24, 2.45) is 0 Å². The van der Waals surface area contributed by atoms with E-state index in [1.807, 2.05) is 10.6 Å². The zero-order valence-electron chi connectivity index (χ0n) is 13.9. The summed E-state index contributed by atoms with van der Waals surface area (Å²) >= 11 is 0. The van der Waals surface area contributed by atoms with Crippen molar-refractivity contribution < 1.29 is 18.0 Å². The molecule has 0 radical (unpaired) electrons. The lowest BCUT2D eigenvalue weighted by Gasteiger charge is -2.28. The van der Waals surface area contributed by atoms with Gasteiger partial charge in [-0.25, -0.2) is 0 Å². The minimum Gasteiger partial charge on any atom is -0.329 e. The van der Waals surface area contributed by atoms with Gasteiger partial charge in [0, 0.05) is 43.4 Å². The Labute approximate surface area is 151 Å². The Morgan fingerprint density at radius 3 is 2.59 bits per heavy atom. The van der Waals surface area contributed by atoms with Gasteiger partial charge in [-0.2, -0.15) is 13.2 Å². The van der Waals surface area contributed by atoms with Crippen LogP contribution in [0.5, 0.6) is 0 Å². The Morgan fingerprint density at radius 2 is 1.85 bits per heavy atom. The first-order valence-electron chi connectivity index (χ1n) is 8.08. The summed E-state index contributed by atoms with van der Waals surface area (Å²) in [5.41, 5.74) is -0.680. The molecular formula is C17H13F3N6O. The first-order chi connectivity index (χ1) is 12.9. The maximum atomic E-state index is 13.2. The molecule has 1 aliphatic rings. The van der Waals surface area contributed by atoms with Crippen LogP contribution in [-0.4, -0.2) is 42.1 Å². The van der Waals surface area contributed by atoms with Gasteiger partial charge in [0.2, 0.25) is 0 Å². The monoisotopic (exact) mass is 374 g/mol. The van der Waals surface area contributed by atoms with E-state index in [-0.39, 0.29) is 13.1 Å². The molecular weight excluding hydrogens is 361 g/mol. The first-order valence-corrected chi connectivity index (χ1v) is 8.08. The lowest BCUT2D eigenvalue weighted by Crippen LogP contribution is -2.39. The van der Waals surface area contributed by atoms with Crippen molar-refractivity contribution >= 4 is 5.91 Å². The molecule has 7 nitrogen and oxygen atoms in total. The molecule has 0 saturated carbocycles. The molecule has 1 amide bonds. The van der Waals surface area contributed by atoms with Crippen LogP contribution in [0, 0.1) is 0 Å². The zero-order chi connectivity index (χ0) is 19.0. The topological polar surface area (TPSA) is 76.8 Å². The number of carbonyl (C=O) groups excluding carboxylic acids is 1. The fraction of sp³-hybridized carbons (Fsp3) is 0.235. The molecule has 3 aromatic rings. The molecule has 10 heteroatoms. The minimum atomic E-state index is -4.65. The summed E-state index contributed by atoms with van der Waals surface area (Å²) in [6, 6.07) is 4.71. The Kier molecular flexibility index (Phi) is 4.09. The van der Waals surface area contributed by atoms with Gasteiger partial charge in [-0.3, -0.25) is 14.8 Å². The van der Waals surface area contributed by atoms with Gasteiger partial charge < -0.3 is 9.47 Å². The fourth-order valence-electron chi connectivity index (χ4n) is 3.02. The third-order valence-corrected chi connectivity index (χ3v) is 4.32. The van der Waals surface area contributed by atoms with Crippen LogP contribution in [-0.2, 0) is 19.3 Å². The number of amides is 1. The van der Waals surface area contributed by atoms with Crippen molar-refractivity contribution in [3.05, 3.63) is 59.9 Å². The van der Waals surface area contributed by atoms with Gasteiger partial charge >= 0.3 is 6.18 Å². The summed E-state index contributed by atoms with van der Waals surface area (Å²) in [7, 11) is 0. The van der Waals surface area contributed by atoms with Gasteiger partial charge in [0.15, 0.2) is 11.6 Å². The van der Waals surface area contributed by atoms with Crippen LogP contribution in [0.3, 0.4) is 0 Å². The van der Waals surface area contributed by atoms with Crippen molar-refractivity contribution in [3.8, 4) is 11.4 Å². The second-order valence-electron chi connectivity index (χ2n) is 5.98. The Balaban J connectivity index is 1.61. The lowest BCUT2D eigenvalue weighted by molar-refractivity contribution is -0.138. The third-order valence-electron chi connectivity index (χ3n) is 4.32. The van der Waals surface area contributed by atoms with E-state index in [1.165, 1.54) is 11.1 Å². The number of pyridine rings is 2. The second-order valence-corrected chi connectivity index (χ2v) is 5.98. The van der Waals surface area contributed by atoms with E-state index in [0.717, 1.165) is 11.6 Å². The molecule has 138 valence electrons. The van der Waals surface area contributed by atoms with Crippen LogP contribution in [0.25, 0.3) is 11.4 Å². The van der Waals surface area contributed by atoms with E-state index in [0.29, 0.717) is 24.4 Å². The van der Waals surface area contributed by atoms with Crippen LogP contribution in [0.2, 0.25) is 0 Å². The number of hydrogen-bond acceptors (Lipinski definition) is 5. The average molecular weight is 374 g/mol. The van der Waals surface area contributed by atoms with Crippen LogP contribution in [0.15, 0.2) is 43.0 Å². The first kappa shape index (κ1) is 17.1. The summed E-state index contributed by atoms with van der Waals surface area (Å²) in [6.07, 6.45) is 0.490. The summed E-state index contributed by atoms with van der Waals surface area (Å²) < 4.78 is 41.3. The van der Waals surface area contributed by atoms with Crippen LogP contribution >= 0.6 is 0 Å². The summed E-state index contributed by atoms with van der Waals surface area (Å²) in [5.74, 6) is 0.420. The molecule has 0 N–H and O–H groups in total. The van der Waals surface area contributed by atoms with E-state index in [1.54, 1.807) is 18.5 Å². The zero-order valence-corrected chi connectivity index (χ0v) is 13.9. The number of carbonyl (C=O) groups is 1. The van der Waals surface area contributed by atoms with Gasteiger partial charge in [0.05, 0.1) is 17.7 Å². The SMILES string of the molecule is O=C(c1ccncc1C(F)(F)F)N1CCn2c(nnc2-c2cccnc2)C1. The second kappa shape index (κ2) is 6.45. The molecule has 0 atom stereocenters. The molecule has 27 heavy (non-hydrogen) atoms. The molecule has 0 aliphatic carbocycles. The smallest absolute Gasteiger partial charge is 0.329 e. The molecule has 3 aromatic heterocycles. The molecule has 4 heterocycles. The highest BCUT2D eigenvalue weighted by Crippen LogP contribution is 2.32. The van der Waals surface area contributed by atoms with Crippen LogP contribution in [0.4, 0.5) is 13.2 Å². The number of aromatic nitrogens is 5. The van der Waals surface area contributed by atoms with Crippen molar-refractivity contribution in [3.63, 3.8) is 0 Å². The molecule has 0 bridgehead atoms. The number of hydrogen-bond donors (Lipinski definition) is 0. The van der Waals surface area contributed by atoms with E-state index in [4.69, 9.17) is 0 Å². The lowest BCUT2D eigenvalue weighted by atomic mass is 10.1. The Hall–Kier alpha value is -3.30. The minimum absolute atomic E-state index is 0.0751. The van der Waals surface area contributed by atoms with Crippen molar-refractivity contribution in [1.29, 1.82) is 0 Å². The highest BCUT2D eigenvalue weighted by Gasteiger charge is 2.37. The number of rotatable bonds is 2. The van der Waals surface area contributed by atoms with E-state index < -0.39 is 23.2 Å². The van der Waals surface area contributed by atoms with E-state index in [9.17, 15) is 18.0 Å². The van der Waals surface area contributed by atoms with Gasteiger partial charge in [0.1, 0.15) is 0 Å². The number of alkyl halides is 3. The van der Waals surface area contributed by atoms with Crippen LogP contribution < -0.4 is 0 Å². The largest absolute Gasteiger partial charge is 0.418 e. The predicted octanol–water partition coefficient (Wildman–Crippen LogP) is 2.41. The number of nitrogens with zero attached hydrogens (tertiary/aromatic N) is 6. The van der Waals surface area contributed by atoms with Gasteiger partial charge in [-0.15, -0.1) is 10.2 Å². The molecule has 1 aliphatic heterocycles. The average Bonchev–Trinajstić information content (AvgIpc) is 3.10. The van der Waals surface area contributed by atoms with Crippen molar-refractivity contribution in [1.82, 2.24) is 29.6 Å². The molecule has 0 saturated heterocycles. The Bertz CT molecular complexity index is 986. The van der Waals surface area contributed by atoms with Gasteiger partial charge in [-0.1, -0.05) is 0 Å². The normalized spacial score (nSPS) is 14.1. The third kappa shape index (κ3) is 3.14. The standard InChI is InChI=1S/C17H13F3N6O/c18-17(19,20)13-9-22-5-3-12(13)16(27)25-6-7-26-14(10-25)23-24-15(26)11-2-1-4-21-8-11/h1-5,8-9H,6-7,10H2. The van der Waals surface area contributed by atoms with E-state index >= 15 is 0 Å². The van der Waals surface area contributed by atoms with Gasteiger partial charge in [0.25, 0.3) is 5.91 Å². The maximum Gasteiger partial charge on any atom is 0.418 e. The number of halogens is 3. The maximum absolute atomic E-state index is 13.2. The molecule has 0 spiro atoms. The summed E-state index contributed by atoms with van der Waals surface area (Å²) in [6.45, 7) is 0.702. The molecule has 0 aromatic carbocycles. The Morgan fingerprint density at radius 1 is 1.04 bits per heavy atom. The molecule has 0 fully saturated rings. The van der Waals surface area contributed by atoms with Crippen molar-refractivity contribution in [2.45, 2.75) is 19.3 Å². The molecule has 4 rings (SSSR count). The molecule has 0 unspecified atom stereocenters. The highest BCUT2D eigenvalue weighted by molar-refractivity contribution is 5.95. The predicted molar refractivity (Wildman–Crippen MR) is 87.2 cm³/mol.